The normalized spacial score (nSPS) is 10.7. The standard InChI is InChI=1S/C11H18N2O2S/c1-9(2)6-15-5-3-4-12-11(14)10-7-16-8-13-10/h7-9H,3-6H2,1-2H3,(H,12,14). The van der Waals surface area contributed by atoms with Crippen molar-refractivity contribution in [2.45, 2.75) is 20.3 Å². The molecule has 0 atom stereocenters. The molecule has 0 bridgehead atoms. The number of aromatic nitrogens is 1. The number of carbonyl (C=O) groups is 1. The Morgan fingerprint density at radius 3 is 3.06 bits per heavy atom. The van der Waals surface area contributed by atoms with Crippen molar-refractivity contribution in [1.29, 1.82) is 0 Å². The van der Waals surface area contributed by atoms with Gasteiger partial charge in [-0.15, -0.1) is 11.3 Å². The van der Waals surface area contributed by atoms with E-state index in [2.05, 4.69) is 24.1 Å². The highest BCUT2D eigenvalue weighted by Gasteiger charge is 2.05. The highest BCUT2D eigenvalue weighted by Crippen LogP contribution is 2.00. The Morgan fingerprint density at radius 2 is 2.44 bits per heavy atom. The summed E-state index contributed by atoms with van der Waals surface area (Å²) in [6.07, 6.45) is 0.836. The molecule has 90 valence electrons. The van der Waals surface area contributed by atoms with Crippen LogP contribution in [0, 0.1) is 5.92 Å². The van der Waals surface area contributed by atoms with Gasteiger partial charge in [-0.3, -0.25) is 4.79 Å². The molecule has 5 heteroatoms. The minimum Gasteiger partial charge on any atom is -0.381 e. The first-order valence-corrected chi connectivity index (χ1v) is 6.38. The van der Waals surface area contributed by atoms with Crippen molar-refractivity contribution < 1.29 is 9.53 Å². The van der Waals surface area contributed by atoms with Crippen molar-refractivity contribution >= 4 is 17.2 Å². The van der Waals surface area contributed by atoms with Crippen molar-refractivity contribution in [3.63, 3.8) is 0 Å². The molecule has 0 saturated heterocycles. The van der Waals surface area contributed by atoms with Gasteiger partial charge in [-0.25, -0.2) is 4.98 Å². The smallest absolute Gasteiger partial charge is 0.270 e. The first-order chi connectivity index (χ1) is 7.70. The quantitative estimate of drug-likeness (QED) is 0.743. The van der Waals surface area contributed by atoms with Gasteiger partial charge in [0.05, 0.1) is 5.51 Å². The molecule has 0 radical (unpaired) electrons. The van der Waals surface area contributed by atoms with Crippen LogP contribution in [-0.4, -0.2) is 30.6 Å². The van der Waals surface area contributed by atoms with Gasteiger partial charge in [0.1, 0.15) is 5.69 Å². The highest BCUT2D eigenvalue weighted by atomic mass is 32.1. The molecule has 16 heavy (non-hydrogen) atoms. The van der Waals surface area contributed by atoms with E-state index in [1.807, 2.05) is 0 Å². The Labute approximate surface area is 100 Å². The molecule has 0 unspecified atom stereocenters. The molecule has 0 aliphatic heterocycles. The fourth-order valence-corrected chi connectivity index (χ4v) is 1.64. The van der Waals surface area contributed by atoms with Crippen LogP contribution in [0.5, 0.6) is 0 Å². The maximum absolute atomic E-state index is 11.4. The Kier molecular flexibility index (Phi) is 6.03. The van der Waals surface area contributed by atoms with E-state index in [-0.39, 0.29) is 5.91 Å². The molecule has 1 aromatic heterocycles. The molecular formula is C11H18N2O2S. The molecule has 0 aliphatic rings. The van der Waals surface area contributed by atoms with Crippen LogP contribution in [0.4, 0.5) is 0 Å². The zero-order chi connectivity index (χ0) is 11.8. The molecule has 1 N–H and O–H groups in total. The third kappa shape index (κ3) is 5.23. The van der Waals surface area contributed by atoms with Crippen LogP contribution in [0.25, 0.3) is 0 Å². The molecule has 0 fully saturated rings. The van der Waals surface area contributed by atoms with Gasteiger partial charge in [0.2, 0.25) is 0 Å². The van der Waals surface area contributed by atoms with Crippen LogP contribution in [0.2, 0.25) is 0 Å². The number of rotatable bonds is 7. The van der Waals surface area contributed by atoms with Crippen LogP contribution >= 0.6 is 11.3 Å². The summed E-state index contributed by atoms with van der Waals surface area (Å²) in [4.78, 5) is 15.4. The van der Waals surface area contributed by atoms with Crippen molar-refractivity contribution in [3.05, 3.63) is 16.6 Å². The van der Waals surface area contributed by atoms with Crippen molar-refractivity contribution in [2.24, 2.45) is 5.92 Å². The minimum atomic E-state index is -0.106. The van der Waals surface area contributed by atoms with Crippen molar-refractivity contribution in [2.75, 3.05) is 19.8 Å². The second-order valence-electron chi connectivity index (χ2n) is 3.95. The van der Waals surface area contributed by atoms with E-state index >= 15 is 0 Å². The van der Waals surface area contributed by atoms with Crippen LogP contribution in [0.15, 0.2) is 10.9 Å². The lowest BCUT2D eigenvalue weighted by Crippen LogP contribution is -2.25. The van der Waals surface area contributed by atoms with Crippen molar-refractivity contribution in [3.8, 4) is 0 Å². The van der Waals surface area contributed by atoms with Gasteiger partial charge in [-0.05, 0) is 12.3 Å². The average molecular weight is 242 g/mol. The molecule has 0 saturated carbocycles. The summed E-state index contributed by atoms with van der Waals surface area (Å²) >= 11 is 1.42. The molecule has 0 spiro atoms. The number of nitrogens with one attached hydrogen (secondary N) is 1. The number of thiazole rings is 1. The number of hydrogen-bond acceptors (Lipinski definition) is 4. The van der Waals surface area contributed by atoms with E-state index < -0.39 is 0 Å². The second kappa shape index (κ2) is 7.35. The predicted octanol–water partition coefficient (Wildman–Crippen LogP) is 1.94. The van der Waals surface area contributed by atoms with E-state index in [0.717, 1.165) is 13.0 Å². The number of amides is 1. The Morgan fingerprint density at radius 1 is 1.62 bits per heavy atom. The predicted molar refractivity (Wildman–Crippen MR) is 64.7 cm³/mol. The Bertz CT molecular complexity index is 299. The summed E-state index contributed by atoms with van der Waals surface area (Å²) in [5.41, 5.74) is 2.15. The topological polar surface area (TPSA) is 51.2 Å². The maximum atomic E-state index is 11.4. The zero-order valence-corrected chi connectivity index (χ0v) is 10.5. The van der Waals surface area contributed by atoms with Crippen LogP contribution in [-0.2, 0) is 4.74 Å². The molecule has 0 aliphatic carbocycles. The van der Waals surface area contributed by atoms with Gasteiger partial charge >= 0.3 is 0 Å². The summed E-state index contributed by atoms with van der Waals surface area (Å²) in [7, 11) is 0. The Hall–Kier alpha value is -0.940. The summed E-state index contributed by atoms with van der Waals surface area (Å²) in [5.74, 6) is 0.453. The molecule has 0 aromatic carbocycles. The van der Waals surface area contributed by atoms with E-state index in [1.54, 1.807) is 10.9 Å². The molecule has 1 rings (SSSR count). The molecule has 1 aromatic rings. The van der Waals surface area contributed by atoms with E-state index in [1.165, 1.54) is 11.3 Å². The number of hydrogen-bond donors (Lipinski definition) is 1. The largest absolute Gasteiger partial charge is 0.381 e. The van der Waals surface area contributed by atoms with Crippen LogP contribution < -0.4 is 5.32 Å². The fraction of sp³-hybridized carbons (Fsp3) is 0.636. The molecule has 1 amide bonds. The van der Waals surface area contributed by atoms with Crippen LogP contribution in [0.3, 0.4) is 0 Å². The monoisotopic (exact) mass is 242 g/mol. The van der Waals surface area contributed by atoms with Gasteiger partial charge < -0.3 is 10.1 Å². The lowest BCUT2D eigenvalue weighted by atomic mass is 10.2. The summed E-state index contributed by atoms with van der Waals surface area (Å²) < 4.78 is 5.40. The summed E-state index contributed by atoms with van der Waals surface area (Å²) in [5, 5.41) is 4.54. The molecular weight excluding hydrogens is 224 g/mol. The lowest BCUT2D eigenvalue weighted by molar-refractivity contribution is 0.0921. The average Bonchev–Trinajstić information content (AvgIpc) is 2.75. The number of nitrogens with zero attached hydrogens (tertiary/aromatic N) is 1. The van der Waals surface area contributed by atoms with Gasteiger partial charge in [-0.1, -0.05) is 13.8 Å². The van der Waals surface area contributed by atoms with E-state index in [4.69, 9.17) is 4.74 Å². The zero-order valence-electron chi connectivity index (χ0n) is 9.73. The maximum Gasteiger partial charge on any atom is 0.270 e. The summed E-state index contributed by atoms with van der Waals surface area (Å²) in [6.45, 7) is 6.33. The highest BCUT2D eigenvalue weighted by molar-refractivity contribution is 7.07. The van der Waals surface area contributed by atoms with E-state index in [9.17, 15) is 4.79 Å². The van der Waals surface area contributed by atoms with E-state index in [0.29, 0.717) is 24.8 Å². The van der Waals surface area contributed by atoms with Gasteiger partial charge in [0.25, 0.3) is 5.91 Å². The first-order valence-electron chi connectivity index (χ1n) is 5.44. The second-order valence-corrected chi connectivity index (χ2v) is 4.67. The minimum absolute atomic E-state index is 0.106. The fourth-order valence-electron chi connectivity index (χ4n) is 1.11. The van der Waals surface area contributed by atoms with Crippen molar-refractivity contribution in [1.82, 2.24) is 10.3 Å². The van der Waals surface area contributed by atoms with Crippen LogP contribution in [0.1, 0.15) is 30.8 Å². The van der Waals surface area contributed by atoms with Gasteiger partial charge in [0, 0.05) is 25.1 Å². The van der Waals surface area contributed by atoms with Gasteiger partial charge in [-0.2, -0.15) is 0 Å². The van der Waals surface area contributed by atoms with Gasteiger partial charge in [0.15, 0.2) is 0 Å². The molecule has 4 nitrogen and oxygen atoms in total. The third-order valence-corrected chi connectivity index (χ3v) is 2.45. The summed E-state index contributed by atoms with van der Waals surface area (Å²) in [6, 6.07) is 0. The third-order valence-electron chi connectivity index (χ3n) is 1.87. The SMILES string of the molecule is CC(C)COCCCNC(=O)c1cscn1. The number of carbonyl (C=O) groups excluding carboxylic acids is 1. The Balaban J connectivity index is 2.01. The lowest BCUT2D eigenvalue weighted by Gasteiger charge is -2.07. The molecule has 1 heterocycles. The number of ether oxygens (including phenoxy) is 1. The first kappa shape index (κ1) is 13.1.